The summed E-state index contributed by atoms with van der Waals surface area (Å²) < 4.78 is 11.3. The number of hydrogen-bond acceptors (Lipinski definition) is 3. The fourth-order valence-electron chi connectivity index (χ4n) is 7.58. The van der Waals surface area contributed by atoms with Crippen molar-refractivity contribution in [2.45, 2.75) is 99.8 Å². The lowest BCUT2D eigenvalue weighted by Crippen LogP contribution is -2.13. The normalized spacial score (nSPS) is 12.4. The first kappa shape index (κ1) is 36.2. The first-order valence-electron chi connectivity index (χ1n) is 19.1. The fraction of sp³-hybridized carbons (Fsp3) is 0.333. The first-order chi connectivity index (χ1) is 25.1. The second-order valence-corrected chi connectivity index (χ2v) is 17.3. The van der Waals surface area contributed by atoms with E-state index in [9.17, 15) is 0 Å². The average Bonchev–Trinajstić information content (AvgIpc) is 3.60. The maximum Gasteiger partial charge on any atom is 0.137 e. The van der Waals surface area contributed by atoms with Gasteiger partial charge < -0.3 is 4.74 Å². The van der Waals surface area contributed by atoms with Gasteiger partial charge in [-0.15, -0.1) is 0 Å². The summed E-state index contributed by atoms with van der Waals surface area (Å²) in [6.07, 6.45) is 3.94. The van der Waals surface area contributed by atoms with E-state index in [1.165, 1.54) is 49.8 Å². The van der Waals surface area contributed by atoms with Crippen molar-refractivity contribution in [3.05, 3.63) is 131 Å². The molecule has 3 heterocycles. The summed E-state index contributed by atoms with van der Waals surface area (Å²) in [7, 11) is 0. The predicted molar refractivity (Wildman–Crippen MR) is 222 cm³/mol. The summed E-state index contributed by atoms with van der Waals surface area (Å²) in [6, 6.07) is 32.6. The summed E-state index contributed by atoms with van der Waals surface area (Å²) in [5.74, 6) is 3.04. The molecule has 0 amide bonds. The Bertz CT molecular complexity index is 2440. The molecule has 0 aliphatic carbocycles. The molecule has 7 rings (SSSR count). The highest BCUT2D eigenvalue weighted by molar-refractivity contribution is 6.09. The van der Waals surface area contributed by atoms with Gasteiger partial charge in [-0.3, -0.25) is 4.57 Å². The van der Waals surface area contributed by atoms with Crippen molar-refractivity contribution in [2.75, 3.05) is 0 Å². The van der Waals surface area contributed by atoms with Crippen LogP contribution in [0.25, 0.3) is 44.4 Å². The van der Waals surface area contributed by atoms with E-state index >= 15 is 0 Å². The standard InChI is InChI=1S/C48H54N4O/c1-30(2)19-22-42-46(45-31(3)15-14-16-32(45)4)33(5)50-52(42)36-25-35(48(9,10)11)26-38(28-36)53-37-20-21-40-39-17-12-13-18-41(39)51(43(40)29-37)44-27-34(23-24-49-44)47(6,7)8/h12-18,20-21,23-30H,19,22H2,1-11H3. The maximum atomic E-state index is 6.87. The Morgan fingerprint density at radius 2 is 1.36 bits per heavy atom. The number of aromatic nitrogens is 4. The number of aryl methyl sites for hydroxylation is 3. The van der Waals surface area contributed by atoms with Gasteiger partial charge in [0.1, 0.15) is 17.3 Å². The van der Waals surface area contributed by atoms with Gasteiger partial charge in [0.05, 0.1) is 28.1 Å². The summed E-state index contributed by atoms with van der Waals surface area (Å²) in [5.41, 5.74) is 12.9. The maximum absolute atomic E-state index is 6.87. The average molecular weight is 703 g/mol. The van der Waals surface area contributed by atoms with E-state index in [4.69, 9.17) is 14.8 Å². The number of pyridine rings is 1. The Balaban J connectivity index is 1.38. The van der Waals surface area contributed by atoms with E-state index in [1.54, 1.807) is 0 Å². The number of fused-ring (bicyclic) bond motifs is 3. The molecule has 7 aromatic rings. The van der Waals surface area contributed by atoms with Gasteiger partial charge in [-0.1, -0.05) is 91.8 Å². The Morgan fingerprint density at radius 1 is 0.660 bits per heavy atom. The summed E-state index contributed by atoms with van der Waals surface area (Å²) in [5, 5.41) is 7.63. The molecule has 5 nitrogen and oxygen atoms in total. The molecule has 5 heteroatoms. The SMILES string of the molecule is Cc1cccc(C)c1-c1c(C)nn(-c2cc(Oc3ccc4c5ccccc5n(-c5cc(C(C)(C)C)ccn5)c4c3)cc(C(C)(C)C)c2)c1CCC(C)C. The van der Waals surface area contributed by atoms with Gasteiger partial charge in [0, 0.05) is 34.7 Å². The highest BCUT2D eigenvalue weighted by Gasteiger charge is 2.24. The van der Waals surface area contributed by atoms with Crippen LogP contribution in [-0.4, -0.2) is 19.3 Å². The van der Waals surface area contributed by atoms with Crippen LogP contribution in [0.15, 0.2) is 97.2 Å². The third-order valence-electron chi connectivity index (χ3n) is 10.6. The van der Waals surface area contributed by atoms with Crippen LogP contribution in [0.1, 0.15) is 95.5 Å². The van der Waals surface area contributed by atoms with E-state index in [1.807, 2.05) is 6.20 Å². The number of hydrogen-bond donors (Lipinski definition) is 0. The number of para-hydroxylation sites is 1. The Morgan fingerprint density at radius 3 is 2.06 bits per heavy atom. The van der Waals surface area contributed by atoms with Crippen LogP contribution in [0.2, 0.25) is 0 Å². The topological polar surface area (TPSA) is 44.9 Å². The van der Waals surface area contributed by atoms with Crippen molar-refractivity contribution in [2.24, 2.45) is 5.92 Å². The zero-order valence-electron chi connectivity index (χ0n) is 33.4. The van der Waals surface area contributed by atoms with Crippen LogP contribution in [-0.2, 0) is 17.3 Å². The van der Waals surface area contributed by atoms with E-state index in [0.717, 1.165) is 52.6 Å². The van der Waals surface area contributed by atoms with Crippen molar-refractivity contribution in [3.63, 3.8) is 0 Å². The lowest BCUT2D eigenvalue weighted by Gasteiger charge is -2.22. The molecule has 0 unspecified atom stereocenters. The number of benzene rings is 4. The van der Waals surface area contributed by atoms with Gasteiger partial charge in [-0.2, -0.15) is 5.10 Å². The molecule has 0 saturated carbocycles. The van der Waals surface area contributed by atoms with Crippen molar-refractivity contribution in [3.8, 4) is 34.1 Å². The molecule has 0 aliphatic heterocycles. The lowest BCUT2D eigenvalue weighted by atomic mass is 9.86. The van der Waals surface area contributed by atoms with Crippen LogP contribution in [0, 0.1) is 26.7 Å². The molecule has 0 aliphatic rings. The molecular weight excluding hydrogens is 649 g/mol. The lowest BCUT2D eigenvalue weighted by molar-refractivity contribution is 0.478. The molecule has 0 spiro atoms. The van der Waals surface area contributed by atoms with Crippen LogP contribution >= 0.6 is 0 Å². The summed E-state index contributed by atoms with van der Waals surface area (Å²) in [6.45, 7) is 24.7. The molecular formula is C48H54N4O. The Kier molecular flexibility index (Phi) is 9.34. The second-order valence-electron chi connectivity index (χ2n) is 17.3. The predicted octanol–water partition coefficient (Wildman–Crippen LogP) is 12.9. The van der Waals surface area contributed by atoms with E-state index < -0.39 is 0 Å². The minimum Gasteiger partial charge on any atom is -0.457 e. The molecule has 3 aromatic heterocycles. The van der Waals surface area contributed by atoms with Crippen LogP contribution in [0.5, 0.6) is 11.5 Å². The van der Waals surface area contributed by atoms with Crippen molar-refractivity contribution >= 4 is 21.8 Å². The highest BCUT2D eigenvalue weighted by atomic mass is 16.5. The van der Waals surface area contributed by atoms with E-state index in [2.05, 4.69) is 176 Å². The van der Waals surface area contributed by atoms with Crippen molar-refractivity contribution in [1.82, 2.24) is 19.3 Å². The first-order valence-corrected chi connectivity index (χ1v) is 19.1. The number of ether oxygens (including phenoxy) is 1. The minimum absolute atomic E-state index is 0.00177. The highest BCUT2D eigenvalue weighted by Crippen LogP contribution is 2.39. The third-order valence-corrected chi connectivity index (χ3v) is 10.6. The molecule has 4 aromatic carbocycles. The molecule has 272 valence electrons. The summed E-state index contributed by atoms with van der Waals surface area (Å²) in [4.78, 5) is 4.88. The Hall–Kier alpha value is -5.16. The second kappa shape index (κ2) is 13.7. The zero-order valence-corrected chi connectivity index (χ0v) is 33.4. The smallest absolute Gasteiger partial charge is 0.137 e. The number of rotatable bonds is 8. The monoisotopic (exact) mass is 702 g/mol. The largest absolute Gasteiger partial charge is 0.457 e. The third kappa shape index (κ3) is 7.02. The zero-order chi connectivity index (χ0) is 37.8. The van der Waals surface area contributed by atoms with Crippen LogP contribution < -0.4 is 4.74 Å². The molecule has 0 N–H and O–H groups in total. The van der Waals surface area contributed by atoms with Crippen molar-refractivity contribution < 1.29 is 4.74 Å². The Labute approximate surface area is 315 Å². The quantitative estimate of drug-likeness (QED) is 0.158. The molecule has 0 bridgehead atoms. The van der Waals surface area contributed by atoms with Gasteiger partial charge in [0.25, 0.3) is 0 Å². The van der Waals surface area contributed by atoms with Gasteiger partial charge in [-0.25, -0.2) is 9.67 Å². The van der Waals surface area contributed by atoms with Gasteiger partial charge >= 0.3 is 0 Å². The molecule has 0 radical (unpaired) electrons. The molecule has 0 fully saturated rings. The van der Waals surface area contributed by atoms with E-state index in [0.29, 0.717) is 5.92 Å². The fourth-order valence-corrected chi connectivity index (χ4v) is 7.58. The van der Waals surface area contributed by atoms with Gasteiger partial charge in [0.2, 0.25) is 0 Å². The molecule has 0 atom stereocenters. The molecule has 0 saturated heterocycles. The van der Waals surface area contributed by atoms with Gasteiger partial charge in [0.15, 0.2) is 0 Å². The van der Waals surface area contributed by atoms with E-state index in [-0.39, 0.29) is 10.8 Å². The van der Waals surface area contributed by atoms with Crippen LogP contribution in [0.4, 0.5) is 0 Å². The molecule has 53 heavy (non-hydrogen) atoms. The van der Waals surface area contributed by atoms with Crippen LogP contribution in [0.3, 0.4) is 0 Å². The summed E-state index contributed by atoms with van der Waals surface area (Å²) >= 11 is 0. The van der Waals surface area contributed by atoms with Gasteiger partial charge in [-0.05, 0) is 121 Å². The minimum atomic E-state index is -0.107. The van der Waals surface area contributed by atoms with Crippen molar-refractivity contribution in [1.29, 1.82) is 0 Å². The number of nitrogens with zero attached hydrogens (tertiary/aromatic N) is 4.